The zero-order chi connectivity index (χ0) is 16.6. The van der Waals surface area contributed by atoms with Gasteiger partial charge in [0.1, 0.15) is 10.6 Å². The molecule has 2 aliphatic carbocycles. The SMILES string of the molecule is c1cncc(-c2nc(NC3CCCCC3)c3c4c(sc3n2)CCC4)c1. The molecule has 1 saturated carbocycles. The van der Waals surface area contributed by atoms with Crippen LogP contribution in [0.5, 0.6) is 0 Å². The Morgan fingerprint density at radius 2 is 1.96 bits per heavy atom. The molecule has 0 saturated heterocycles. The van der Waals surface area contributed by atoms with Crippen molar-refractivity contribution in [1.82, 2.24) is 15.0 Å². The Morgan fingerprint density at radius 1 is 1.04 bits per heavy atom. The van der Waals surface area contributed by atoms with Crippen molar-refractivity contribution < 1.29 is 0 Å². The maximum Gasteiger partial charge on any atom is 0.164 e. The summed E-state index contributed by atoms with van der Waals surface area (Å²) in [6.45, 7) is 0. The topological polar surface area (TPSA) is 50.7 Å². The van der Waals surface area contributed by atoms with Gasteiger partial charge in [-0.05, 0) is 49.8 Å². The Morgan fingerprint density at radius 3 is 2.80 bits per heavy atom. The van der Waals surface area contributed by atoms with Crippen molar-refractivity contribution in [3.8, 4) is 11.4 Å². The number of anilines is 1. The number of fused-ring (bicyclic) bond motifs is 3. The van der Waals surface area contributed by atoms with Crippen molar-refractivity contribution in [2.24, 2.45) is 0 Å². The number of rotatable bonds is 3. The molecule has 25 heavy (non-hydrogen) atoms. The second-order valence-electron chi connectivity index (χ2n) is 7.15. The Bertz CT molecular complexity index is 897. The van der Waals surface area contributed by atoms with Crippen molar-refractivity contribution in [2.75, 3.05) is 5.32 Å². The number of thiophene rings is 1. The van der Waals surface area contributed by atoms with E-state index in [1.165, 1.54) is 67.2 Å². The molecule has 0 spiro atoms. The van der Waals surface area contributed by atoms with Crippen LogP contribution in [0.2, 0.25) is 0 Å². The van der Waals surface area contributed by atoms with Crippen LogP contribution in [0, 0.1) is 0 Å². The van der Waals surface area contributed by atoms with Crippen LogP contribution in [0.25, 0.3) is 21.6 Å². The maximum atomic E-state index is 4.96. The standard InChI is InChI=1S/C20H22N4S/c1-2-7-14(8-3-1)22-19-17-15-9-4-10-16(15)25-20(17)24-18(23-19)13-6-5-11-21-12-13/h5-6,11-12,14H,1-4,7-10H2,(H,22,23,24). The van der Waals surface area contributed by atoms with Gasteiger partial charge in [-0.1, -0.05) is 19.3 Å². The Labute approximate surface area is 151 Å². The molecule has 5 heteroatoms. The molecular formula is C20H22N4S. The predicted octanol–water partition coefficient (Wildman–Crippen LogP) is 4.99. The van der Waals surface area contributed by atoms with Crippen LogP contribution in [-0.4, -0.2) is 21.0 Å². The van der Waals surface area contributed by atoms with Gasteiger partial charge in [0.15, 0.2) is 5.82 Å². The molecule has 0 bridgehead atoms. The summed E-state index contributed by atoms with van der Waals surface area (Å²) in [6, 6.07) is 4.54. The molecule has 3 aromatic heterocycles. The van der Waals surface area contributed by atoms with E-state index in [1.54, 1.807) is 6.20 Å². The van der Waals surface area contributed by atoms with E-state index in [4.69, 9.17) is 9.97 Å². The second-order valence-corrected chi connectivity index (χ2v) is 8.24. The van der Waals surface area contributed by atoms with Crippen LogP contribution in [-0.2, 0) is 12.8 Å². The number of aryl methyl sites for hydroxylation is 2. The molecule has 0 amide bonds. The van der Waals surface area contributed by atoms with Crippen LogP contribution >= 0.6 is 11.3 Å². The highest BCUT2D eigenvalue weighted by Gasteiger charge is 2.24. The van der Waals surface area contributed by atoms with Gasteiger partial charge < -0.3 is 5.32 Å². The average Bonchev–Trinajstić information content (AvgIpc) is 3.24. The molecule has 128 valence electrons. The number of hydrogen-bond donors (Lipinski definition) is 1. The van der Waals surface area contributed by atoms with Gasteiger partial charge in [-0.15, -0.1) is 11.3 Å². The predicted molar refractivity (Wildman–Crippen MR) is 103 cm³/mol. The van der Waals surface area contributed by atoms with Gasteiger partial charge >= 0.3 is 0 Å². The zero-order valence-corrected chi connectivity index (χ0v) is 15.1. The molecule has 3 aromatic rings. The smallest absolute Gasteiger partial charge is 0.164 e. The van der Waals surface area contributed by atoms with E-state index in [0.29, 0.717) is 6.04 Å². The molecule has 1 N–H and O–H groups in total. The van der Waals surface area contributed by atoms with Crippen molar-refractivity contribution in [1.29, 1.82) is 0 Å². The quantitative estimate of drug-likeness (QED) is 0.723. The zero-order valence-electron chi connectivity index (χ0n) is 14.3. The molecule has 0 aliphatic heterocycles. The first-order valence-corrected chi connectivity index (χ1v) is 10.2. The number of nitrogens with zero attached hydrogens (tertiary/aromatic N) is 3. The lowest BCUT2D eigenvalue weighted by atomic mass is 9.95. The molecule has 0 unspecified atom stereocenters. The summed E-state index contributed by atoms with van der Waals surface area (Å²) >= 11 is 1.86. The molecular weight excluding hydrogens is 328 g/mol. The normalized spacial score (nSPS) is 17.8. The van der Waals surface area contributed by atoms with Gasteiger partial charge in [0, 0.05) is 28.9 Å². The van der Waals surface area contributed by atoms with Crippen molar-refractivity contribution in [2.45, 2.75) is 57.4 Å². The van der Waals surface area contributed by atoms with Gasteiger partial charge in [-0.25, -0.2) is 9.97 Å². The first-order valence-electron chi connectivity index (χ1n) is 9.38. The van der Waals surface area contributed by atoms with Gasteiger partial charge in [0.25, 0.3) is 0 Å². The van der Waals surface area contributed by atoms with Gasteiger partial charge in [-0.2, -0.15) is 0 Å². The lowest BCUT2D eigenvalue weighted by Gasteiger charge is -2.24. The van der Waals surface area contributed by atoms with Gasteiger partial charge in [-0.3, -0.25) is 4.98 Å². The third-order valence-electron chi connectivity index (χ3n) is 5.43. The fourth-order valence-corrected chi connectivity index (χ4v) is 5.43. The summed E-state index contributed by atoms with van der Waals surface area (Å²) < 4.78 is 0. The van der Waals surface area contributed by atoms with Gasteiger partial charge in [0.05, 0.1) is 5.39 Å². The second kappa shape index (κ2) is 6.37. The summed E-state index contributed by atoms with van der Waals surface area (Å²) in [7, 11) is 0. The first-order chi connectivity index (χ1) is 12.4. The van der Waals surface area contributed by atoms with E-state index in [-0.39, 0.29) is 0 Å². The van der Waals surface area contributed by atoms with Crippen molar-refractivity contribution in [3.05, 3.63) is 35.0 Å². The molecule has 3 heterocycles. The van der Waals surface area contributed by atoms with E-state index in [1.807, 2.05) is 29.7 Å². The highest BCUT2D eigenvalue weighted by molar-refractivity contribution is 7.19. The largest absolute Gasteiger partial charge is 0.367 e. The van der Waals surface area contributed by atoms with Crippen molar-refractivity contribution in [3.63, 3.8) is 0 Å². The highest BCUT2D eigenvalue weighted by atomic mass is 32.1. The first kappa shape index (κ1) is 15.3. The van der Waals surface area contributed by atoms with E-state index in [2.05, 4.69) is 10.3 Å². The minimum absolute atomic E-state index is 0.547. The molecule has 0 aromatic carbocycles. The number of pyridine rings is 1. The molecule has 5 rings (SSSR count). The fraction of sp³-hybridized carbons (Fsp3) is 0.450. The van der Waals surface area contributed by atoms with Gasteiger partial charge in [0.2, 0.25) is 0 Å². The minimum Gasteiger partial charge on any atom is -0.367 e. The van der Waals surface area contributed by atoms with Crippen LogP contribution in [0.1, 0.15) is 49.0 Å². The summed E-state index contributed by atoms with van der Waals surface area (Å²) in [4.78, 5) is 16.7. The Hall–Kier alpha value is -2.01. The lowest BCUT2D eigenvalue weighted by Crippen LogP contribution is -2.23. The van der Waals surface area contributed by atoms with Crippen LogP contribution in [0.4, 0.5) is 5.82 Å². The number of nitrogens with one attached hydrogen (secondary N) is 1. The fourth-order valence-electron chi connectivity index (χ4n) is 4.16. The highest BCUT2D eigenvalue weighted by Crippen LogP contribution is 2.41. The summed E-state index contributed by atoms with van der Waals surface area (Å²) in [5.41, 5.74) is 2.49. The van der Waals surface area contributed by atoms with E-state index in [0.717, 1.165) is 22.0 Å². The maximum absolute atomic E-state index is 4.96. The van der Waals surface area contributed by atoms with Crippen LogP contribution in [0.15, 0.2) is 24.5 Å². The number of hydrogen-bond acceptors (Lipinski definition) is 5. The molecule has 1 fully saturated rings. The van der Waals surface area contributed by atoms with E-state index in [9.17, 15) is 0 Å². The molecule has 0 radical (unpaired) electrons. The number of aromatic nitrogens is 3. The van der Waals surface area contributed by atoms with Crippen LogP contribution in [0.3, 0.4) is 0 Å². The summed E-state index contributed by atoms with van der Waals surface area (Å²) in [5, 5.41) is 5.07. The molecule has 0 atom stereocenters. The minimum atomic E-state index is 0.547. The summed E-state index contributed by atoms with van der Waals surface area (Å²) in [6.07, 6.45) is 13.8. The Balaban J connectivity index is 1.63. The monoisotopic (exact) mass is 350 g/mol. The average molecular weight is 350 g/mol. The molecule has 2 aliphatic rings. The molecule has 4 nitrogen and oxygen atoms in total. The summed E-state index contributed by atoms with van der Waals surface area (Å²) in [5.74, 6) is 1.84. The van der Waals surface area contributed by atoms with E-state index >= 15 is 0 Å². The van der Waals surface area contributed by atoms with Crippen LogP contribution < -0.4 is 5.32 Å². The van der Waals surface area contributed by atoms with E-state index < -0.39 is 0 Å². The Kier molecular flexibility index (Phi) is 3.89. The third-order valence-corrected chi connectivity index (χ3v) is 6.62. The third kappa shape index (κ3) is 2.80. The van der Waals surface area contributed by atoms with Crippen molar-refractivity contribution >= 4 is 27.4 Å². The lowest BCUT2D eigenvalue weighted by molar-refractivity contribution is 0.462.